The van der Waals surface area contributed by atoms with Gasteiger partial charge in [0.1, 0.15) is 5.75 Å². The molecule has 0 unspecified atom stereocenters. The number of aromatic hydroxyl groups is 1. The van der Waals surface area contributed by atoms with Crippen molar-refractivity contribution in [2.24, 2.45) is 5.10 Å². The van der Waals surface area contributed by atoms with Gasteiger partial charge in [-0.2, -0.15) is 10.2 Å². The SMILES string of the molecule is O=C(NN=Cc1cc(Br)ccc1O)c1cc(C2CC2)[nH]n1. The van der Waals surface area contributed by atoms with Crippen molar-refractivity contribution < 1.29 is 9.90 Å². The van der Waals surface area contributed by atoms with Gasteiger partial charge in [-0.05, 0) is 37.1 Å². The largest absolute Gasteiger partial charge is 0.507 e. The number of nitrogens with zero attached hydrogens (tertiary/aromatic N) is 2. The third kappa shape index (κ3) is 3.30. The van der Waals surface area contributed by atoms with E-state index in [2.05, 4.69) is 36.7 Å². The third-order valence-corrected chi connectivity index (χ3v) is 3.70. The van der Waals surface area contributed by atoms with Crippen LogP contribution in [0.4, 0.5) is 0 Å². The average molecular weight is 349 g/mol. The molecular formula is C14H13BrN4O2. The van der Waals surface area contributed by atoms with Crippen LogP contribution in [0.5, 0.6) is 5.75 Å². The van der Waals surface area contributed by atoms with E-state index in [-0.39, 0.29) is 11.7 Å². The predicted molar refractivity (Wildman–Crippen MR) is 81.4 cm³/mol. The molecule has 0 spiro atoms. The Bertz CT molecular complexity index is 707. The summed E-state index contributed by atoms with van der Waals surface area (Å²) >= 11 is 3.30. The van der Waals surface area contributed by atoms with E-state index in [0.717, 1.165) is 23.0 Å². The van der Waals surface area contributed by atoms with Crippen LogP contribution in [-0.4, -0.2) is 27.4 Å². The topological polar surface area (TPSA) is 90.4 Å². The number of phenolic OH excluding ortho intramolecular Hbond substituents is 1. The van der Waals surface area contributed by atoms with Crippen molar-refractivity contribution in [3.05, 3.63) is 45.7 Å². The van der Waals surface area contributed by atoms with Gasteiger partial charge < -0.3 is 5.11 Å². The molecule has 1 aromatic carbocycles. The maximum Gasteiger partial charge on any atom is 0.291 e. The maximum absolute atomic E-state index is 11.9. The minimum atomic E-state index is -0.385. The number of carbonyl (C=O) groups excluding carboxylic acids is 1. The molecule has 2 aromatic rings. The van der Waals surface area contributed by atoms with Gasteiger partial charge >= 0.3 is 0 Å². The number of phenols is 1. The lowest BCUT2D eigenvalue weighted by atomic mass is 10.2. The van der Waals surface area contributed by atoms with Crippen molar-refractivity contribution in [3.63, 3.8) is 0 Å². The second kappa shape index (κ2) is 5.69. The third-order valence-electron chi connectivity index (χ3n) is 3.21. The summed E-state index contributed by atoms with van der Waals surface area (Å²) < 4.78 is 0.814. The van der Waals surface area contributed by atoms with Gasteiger partial charge in [-0.15, -0.1) is 0 Å². The summed E-state index contributed by atoms with van der Waals surface area (Å²) in [4.78, 5) is 11.9. The van der Waals surface area contributed by atoms with E-state index >= 15 is 0 Å². The quantitative estimate of drug-likeness (QED) is 0.585. The van der Waals surface area contributed by atoms with E-state index in [1.165, 1.54) is 6.21 Å². The number of rotatable bonds is 4. The second-order valence-electron chi connectivity index (χ2n) is 4.89. The number of benzene rings is 1. The number of aromatic amines is 1. The zero-order chi connectivity index (χ0) is 14.8. The molecule has 0 saturated heterocycles. The van der Waals surface area contributed by atoms with E-state index in [1.54, 1.807) is 24.3 Å². The Morgan fingerprint density at radius 2 is 2.29 bits per heavy atom. The van der Waals surface area contributed by atoms with Crippen molar-refractivity contribution >= 4 is 28.1 Å². The molecule has 1 amide bonds. The lowest BCUT2D eigenvalue weighted by molar-refractivity contribution is 0.0950. The zero-order valence-electron chi connectivity index (χ0n) is 11.0. The van der Waals surface area contributed by atoms with E-state index < -0.39 is 0 Å². The van der Waals surface area contributed by atoms with Crippen molar-refractivity contribution in [3.8, 4) is 5.75 Å². The summed E-state index contributed by atoms with van der Waals surface area (Å²) in [7, 11) is 0. The normalized spacial score (nSPS) is 14.5. The Morgan fingerprint density at radius 1 is 1.48 bits per heavy atom. The molecule has 108 valence electrons. The Hall–Kier alpha value is -2.15. The number of hydrogen-bond acceptors (Lipinski definition) is 4. The number of nitrogens with one attached hydrogen (secondary N) is 2. The van der Waals surface area contributed by atoms with Gasteiger partial charge in [0, 0.05) is 21.6 Å². The van der Waals surface area contributed by atoms with Crippen molar-refractivity contribution in [1.82, 2.24) is 15.6 Å². The molecular weight excluding hydrogens is 336 g/mol. The van der Waals surface area contributed by atoms with Crippen LogP contribution in [0.15, 0.2) is 33.8 Å². The van der Waals surface area contributed by atoms with Crippen LogP contribution in [0.25, 0.3) is 0 Å². The molecule has 3 rings (SSSR count). The summed E-state index contributed by atoms with van der Waals surface area (Å²) in [5, 5.41) is 20.3. The van der Waals surface area contributed by atoms with Crippen LogP contribution in [0, 0.1) is 0 Å². The Labute approximate surface area is 129 Å². The Balaban J connectivity index is 1.64. The number of hydrogen-bond donors (Lipinski definition) is 3. The summed E-state index contributed by atoms with van der Waals surface area (Å²) in [6, 6.07) is 6.71. The zero-order valence-corrected chi connectivity index (χ0v) is 12.6. The first-order valence-corrected chi connectivity index (χ1v) is 7.30. The molecule has 1 aromatic heterocycles. The number of H-pyrrole nitrogens is 1. The highest BCUT2D eigenvalue weighted by Crippen LogP contribution is 2.38. The van der Waals surface area contributed by atoms with Gasteiger partial charge in [-0.3, -0.25) is 9.89 Å². The fourth-order valence-electron chi connectivity index (χ4n) is 1.90. The maximum atomic E-state index is 11.9. The Morgan fingerprint density at radius 3 is 3.05 bits per heavy atom. The standard InChI is InChI=1S/C14H13BrN4O2/c15-10-3-4-13(20)9(5-10)7-16-19-14(21)12-6-11(17-18-12)8-1-2-8/h3-8,20H,1-2H2,(H,17,18)(H,19,21). The number of amides is 1. The number of halogens is 1. The molecule has 6 nitrogen and oxygen atoms in total. The monoisotopic (exact) mass is 348 g/mol. The van der Waals surface area contributed by atoms with Gasteiger partial charge in [0.2, 0.25) is 0 Å². The number of hydrazone groups is 1. The summed E-state index contributed by atoms with van der Waals surface area (Å²) in [5.74, 6) is 0.219. The minimum Gasteiger partial charge on any atom is -0.507 e. The minimum absolute atomic E-state index is 0.0898. The highest BCUT2D eigenvalue weighted by molar-refractivity contribution is 9.10. The molecule has 1 aliphatic rings. The highest BCUT2D eigenvalue weighted by Gasteiger charge is 2.26. The summed E-state index contributed by atoms with van der Waals surface area (Å²) in [6.07, 6.45) is 3.67. The smallest absolute Gasteiger partial charge is 0.291 e. The van der Waals surface area contributed by atoms with E-state index in [9.17, 15) is 9.90 Å². The first kappa shape index (κ1) is 13.8. The van der Waals surface area contributed by atoms with Crippen LogP contribution in [0.2, 0.25) is 0 Å². The molecule has 21 heavy (non-hydrogen) atoms. The molecule has 1 fully saturated rings. The molecule has 0 atom stereocenters. The first-order valence-electron chi connectivity index (χ1n) is 6.50. The summed E-state index contributed by atoms with van der Waals surface area (Å²) in [5.41, 5.74) is 4.20. The molecule has 0 aliphatic heterocycles. The van der Waals surface area contributed by atoms with Gasteiger partial charge in [-0.25, -0.2) is 5.43 Å². The van der Waals surface area contributed by atoms with Gasteiger partial charge in [-0.1, -0.05) is 15.9 Å². The van der Waals surface area contributed by atoms with Gasteiger partial charge in [0.05, 0.1) is 6.21 Å². The lowest BCUT2D eigenvalue weighted by Gasteiger charge is -1.99. The van der Waals surface area contributed by atoms with Crippen LogP contribution < -0.4 is 5.43 Å². The average Bonchev–Trinajstić information content (AvgIpc) is 3.20. The van der Waals surface area contributed by atoms with Crippen LogP contribution in [0.3, 0.4) is 0 Å². The molecule has 1 aliphatic carbocycles. The van der Waals surface area contributed by atoms with Crippen molar-refractivity contribution in [2.75, 3.05) is 0 Å². The lowest BCUT2D eigenvalue weighted by Crippen LogP contribution is -2.18. The number of aromatic nitrogens is 2. The van der Waals surface area contributed by atoms with Gasteiger partial charge in [0.25, 0.3) is 5.91 Å². The van der Waals surface area contributed by atoms with E-state index in [4.69, 9.17) is 0 Å². The molecule has 3 N–H and O–H groups in total. The fraction of sp³-hybridized carbons (Fsp3) is 0.214. The van der Waals surface area contributed by atoms with Crippen molar-refractivity contribution in [2.45, 2.75) is 18.8 Å². The fourth-order valence-corrected chi connectivity index (χ4v) is 2.28. The Kier molecular flexibility index (Phi) is 3.74. The van der Waals surface area contributed by atoms with Crippen LogP contribution in [-0.2, 0) is 0 Å². The molecule has 1 saturated carbocycles. The highest BCUT2D eigenvalue weighted by atomic mass is 79.9. The summed E-state index contributed by atoms with van der Waals surface area (Å²) in [6.45, 7) is 0. The van der Waals surface area contributed by atoms with Crippen LogP contribution in [0.1, 0.15) is 40.5 Å². The van der Waals surface area contributed by atoms with Gasteiger partial charge in [0.15, 0.2) is 5.69 Å². The first-order chi connectivity index (χ1) is 10.1. The predicted octanol–water partition coefficient (Wildman–Crippen LogP) is 2.52. The van der Waals surface area contributed by atoms with E-state index in [0.29, 0.717) is 17.2 Å². The molecule has 1 heterocycles. The van der Waals surface area contributed by atoms with Crippen molar-refractivity contribution in [1.29, 1.82) is 0 Å². The van der Waals surface area contributed by atoms with Crippen LogP contribution >= 0.6 is 15.9 Å². The molecule has 7 heteroatoms. The number of carbonyl (C=O) groups is 1. The molecule has 0 radical (unpaired) electrons. The second-order valence-corrected chi connectivity index (χ2v) is 5.80. The molecule has 0 bridgehead atoms. The van der Waals surface area contributed by atoms with E-state index in [1.807, 2.05) is 0 Å².